The molecule has 1 atom stereocenters. The third-order valence-electron chi connectivity index (χ3n) is 7.29. The van der Waals surface area contributed by atoms with E-state index in [4.69, 9.17) is 4.99 Å². The molecule has 3 heterocycles. The van der Waals surface area contributed by atoms with Crippen LogP contribution in [0.1, 0.15) is 45.6 Å². The highest BCUT2D eigenvalue weighted by molar-refractivity contribution is 6.22. The second-order valence-corrected chi connectivity index (χ2v) is 10.2. The number of amides is 4. The van der Waals surface area contributed by atoms with Gasteiger partial charge < -0.3 is 20.7 Å². The van der Waals surface area contributed by atoms with Gasteiger partial charge in [-0.25, -0.2) is 9.69 Å². The molecule has 43 heavy (non-hydrogen) atoms. The first kappa shape index (κ1) is 27.4. The number of aromatic hydroxyl groups is 1. The normalized spacial score (nSPS) is 14.2. The van der Waals surface area contributed by atoms with Crippen LogP contribution in [0.2, 0.25) is 0 Å². The molecule has 3 aromatic carbocycles. The van der Waals surface area contributed by atoms with Crippen LogP contribution in [0.5, 0.6) is 5.88 Å². The number of hydrogen-bond donors (Lipinski definition) is 4. The quantitative estimate of drug-likeness (QED) is 0.155. The van der Waals surface area contributed by atoms with E-state index in [1.165, 1.54) is 0 Å². The first-order valence-electron chi connectivity index (χ1n) is 13.7. The minimum atomic E-state index is -0.469. The maximum Gasteiger partial charge on any atom is 0.329 e. The number of anilines is 1. The molecule has 2 aromatic heterocycles. The molecule has 1 saturated heterocycles. The summed E-state index contributed by atoms with van der Waals surface area (Å²) in [6, 6.07) is 24.9. The van der Waals surface area contributed by atoms with Crippen LogP contribution < -0.4 is 15.5 Å². The van der Waals surface area contributed by atoms with Crippen molar-refractivity contribution >= 4 is 40.1 Å². The number of urea groups is 1. The molecule has 1 aliphatic heterocycles. The summed E-state index contributed by atoms with van der Waals surface area (Å²) in [5.41, 5.74) is 4.82. The van der Waals surface area contributed by atoms with Crippen molar-refractivity contribution in [1.29, 1.82) is 0 Å². The van der Waals surface area contributed by atoms with Crippen molar-refractivity contribution in [3.8, 4) is 5.88 Å². The Kier molecular flexibility index (Phi) is 7.40. The molecular weight excluding hydrogens is 544 g/mol. The summed E-state index contributed by atoms with van der Waals surface area (Å²) >= 11 is 0. The van der Waals surface area contributed by atoms with Gasteiger partial charge in [-0.05, 0) is 60.5 Å². The number of pyridine rings is 1. The fourth-order valence-corrected chi connectivity index (χ4v) is 5.13. The van der Waals surface area contributed by atoms with E-state index in [1.54, 1.807) is 54.9 Å². The Balaban J connectivity index is 1.36. The van der Waals surface area contributed by atoms with E-state index in [1.807, 2.05) is 49.4 Å². The second-order valence-electron chi connectivity index (χ2n) is 10.2. The first-order chi connectivity index (χ1) is 20.9. The van der Waals surface area contributed by atoms with Crippen molar-refractivity contribution < 1.29 is 19.5 Å². The summed E-state index contributed by atoms with van der Waals surface area (Å²) in [6.45, 7) is 2.06. The Bertz CT molecular complexity index is 1850. The third-order valence-corrected chi connectivity index (χ3v) is 7.29. The van der Waals surface area contributed by atoms with Gasteiger partial charge in [-0.2, -0.15) is 0 Å². The van der Waals surface area contributed by atoms with E-state index < -0.39 is 6.03 Å². The predicted molar refractivity (Wildman–Crippen MR) is 163 cm³/mol. The molecule has 1 aliphatic rings. The molecule has 6 rings (SSSR count). The molecule has 4 amide bonds. The van der Waals surface area contributed by atoms with Gasteiger partial charge in [-0.15, -0.1) is 0 Å². The Labute approximate surface area is 247 Å². The Morgan fingerprint density at radius 3 is 2.60 bits per heavy atom. The number of fused-ring (bicyclic) bond motifs is 1. The van der Waals surface area contributed by atoms with Gasteiger partial charge in [-0.1, -0.05) is 42.5 Å². The number of nitrogens with one attached hydrogen (secondary N) is 3. The smallest absolute Gasteiger partial charge is 0.329 e. The third kappa shape index (κ3) is 5.58. The van der Waals surface area contributed by atoms with Crippen molar-refractivity contribution in [1.82, 2.24) is 20.6 Å². The van der Waals surface area contributed by atoms with Crippen LogP contribution in [0.25, 0.3) is 10.9 Å². The van der Waals surface area contributed by atoms with Crippen LogP contribution in [-0.2, 0) is 11.3 Å². The molecule has 10 heteroatoms. The lowest BCUT2D eigenvalue weighted by atomic mass is 10.0. The Hall–Kier alpha value is -5.77. The van der Waals surface area contributed by atoms with Gasteiger partial charge in [0.1, 0.15) is 0 Å². The van der Waals surface area contributed by atoms with Gasteiger partial charge in [-0.3, -0.25) is 19.6 Å². The zero-order chi connectivity index (χ0) is 29.9. The number of hydrogen-bond acceptors (Lipinski definition) is 6. The molecule has 5 aromatic rings. The second kappa shape index (κ2) is 11.6. The minimum absolute atomic E-state index is 0.0443. The average Bonchev–Trinajstić information content (AvgIpc) is 3.54. The van der Waals surface area contributed by atoms with E-state index in [9.17, 15) is 19.5 Å². The molecule has 1 unspecified atom stereocenters. The number of aromatic nitrogens is 2. The summed E-state index contributed by atoms with van der Waals surface area (Å²) in [7, 11) is 0. The molecule has 0 saturated carbocycles. The zero-order valence-corrected chi connectivity index (χ0v) is 23.2. The molecule has 10 nitrogen and oxygen atoms in total. The lowest BCUT2D eigenvalue weighted by Gasteiger charge is -2.14. The van der Waals surface area contributed by atoms with E-state index in [0.717, 1.165) is 16.0 Å². The highest BCUT2D eigenvalue weighted by atomic mass is 16.3. The van der Waals surface area contributed by atoms with E-state index in [2.05, 4.69) is 20.6 Å². The number of carbonyl (C=O) groups excluding carboxylic acids is 3. The van der Waals surface area contributed by atoms with Gasteiger partial charge in [0, 0.05) is 34.4 Å². The van der Waals surface area contributed by atoms with E-state index >= 15 is 0 Å². The van der Waals surface area contributed by atoms with Gasteiger partial charge in [0.05, 0.1) is 36.1 Å². The van der Waals surface area contributed by atoms with Crippen molar-refractivity contribution in [3.05, 3.63) is 125 Å². The van der Waals surface area contributed by atoms with E-state index in [-0.39, 0.29) is 36.8 Å². The Morgan fingerprint density at radius 2 is 1.86 bits per heavy atom. The molecule has 1 fully saturated rings. The van der Waals surface area contributed by atoms with Gasteiger partial charge in [0.15, 0.2) is 5.88 Å². The standard InChI is InChI=1S/C33H28N6O4/c1-20(22-8-3-2-4-9-22)37-31(41)23-12-13-27-26(16-23)29(32(42)38-27)30(24-10-6-14-34-18-24)35-17-21-7-5-11-25(15-21)39-28(40)19-36-33(39)43/h2-16,18,20,38,42H,17,19H2,1H3,(H,36,43)(H,37,41). The number of aromatic amines is 1. The summed E-state index contributed by atoms with van der Waals surface area (Å²) in [5, 5.41) is 17.3. The molecule has 0 bridgehead atoms. The highest BCUT2D eigenvalue weighted by Gasteiger charge is 2.30. The number of carbonyl (C=O) groups is 3. The Morgan fingerprint density at radius 1 is 1.02 bits per heavy atom. The highest BCUT2D eigenvalue weighted by Crippen LogP contribution is 2.31. The fourth-order valence-electron chi connectivity index (χ4n) is 5.13. The van der Waals surface area contributed by atoms with Crippen molar-refractivity contribution in [3.63, 3.8) is 0 Å². The molecule has 214 valence electrons. The summed E-state index contributed by atoms with van der Waals surface area (Å²) in [4.78, 5) is 50.9. The molecular formula is C33H28N6O4. The number of H-pyrrole nitrogens is 1. The average molecular weight is 573 g/mol. The van der Waals surface area contributed by atoms with Gasteiger partial charge in [0.25, 0.3) is 11.8 Å². The minimum Gasteiger partial charge on any atom is -0.494 e. The van der Waals surface area contributed by atoms with E-state index in [0.29, 0.717) is 39.0 Å². The number of imide groups is 1. The number of benzene rings is 3. The zero-order valence-electron chi connectivity index (χ0n) is 23.2. The number of nitrogens with zero attached hydrogens (tertiary/aromatic N) is 3. The largest absolute Gasteiger partial charge is 0.494 e. The van der Waals surface area contributed by atoms with Gasteiger partial charge in [0.2, 0.25) is 0 Å². The lowest BCUT2D eigenvalue weighted by molar-refractivity contribution is -0.115. The molecule has 0 radical (unpaired) electrons. The van der Waals surface area contributed by atoms with Crippen molar-refractivity contribution in [2.24, 2.45) is 4.99 Å². The summed E-state index contributed by atoms with van der Waals surface area (Å²) < 4.78 is 0. The van der Waals surface area contributed by atoms with Crippen LogP contribution in [0, 0.1) is 0 Å². The predicted octanol–water partition coefficient (Wildman–Crippen LogP) is 4.85. The first-order valence-corrected chi connectivity index (χ1v) is 13.7. The monoisotopic (exact) mass is 572 g/mol. The van der Waals surface area contributed by atoms with Crippen molar-refractivity contribution in [2.45, 2.75) is 19.5 Å². The van der Waals surface area contributed by atoms with Crippen LogP contribution in [0.4, 0.5) is 10.5 Å². The van der Waals surface area contributed by atoms with Crippen LogP contribution in [0.3, 0.4) is 0 Å². The maximum absolute atomic E-state index is 13.2. The summed E-state index contributed by atoms with van der Waals surface area (Å²) in [5.74, 6) is -0.675. The molecule has 0 spiro atoms. The van der Waals surface area contributed by atoms with Crippen LogP contribution in [0.15, 0.2) is 102 Å². The maximum atomic E-state index is 13.2. The fraction of sp³-hybridized carbons (Fsp3) is 0.121. The van der Waals surface area contributed by atoms with Gasteiger partial charge >= 0.3 is 6.03 Å². The number of aliphatic imine (C=N–C) groups is 1. The number of rotatable bonds is 8. The SMILES string of the molecule is CC(NC(=O)c1ccc2[nH]c(O)c(C(=NCc3cccc(N4C(=O)CNC4=O)c3)c3cccnc3)c2c1)c1ccccc1. The molecule has 4 N–H and O–H groups in total. The molecule has 0 aliphatic carbocycles. The topological polar surface area (TPSA) is 140 Å². The lowest BCUT2D eigenvalue weighted by Crippen LogP contribution is -2.30. The van der Waals surface area contributed by atoms with Crippen molar-refractivity contribution in [2.75, 3.05) is 11.4 Å². The van der Waals surface area contributed by atoms with Crippen LogP contribution in [-0.4, -0.2) is 45.2 Å². The van der Waals surface area contributed by atoms with Crippen LogP contribution >= 0.6 is 0 Å². The summed E-state index contributed by atoms with van der Waals surface area (Å²) in [6.07, 6.45) is 3.30.